The van der Waals surface area contributed by atoms with Gasteiger partial charge in [-0.1, -0.05) is 6.07 Å². The SMILES string of the molecule is COc1ccc(CN2CCCC2CC(C)O)cc1[N+](=O)[O-]. The van der Waals surface area contributed by atoms with Crippen LogP contribution in [-0.4, -0.2) is 40.7 Å². The third-order valence-electron chi connectivity index (χ3n) is 3.94. The number of hydrogen-bond donors (Lipinski definition) is 1. The molecule has 1 heterocycles. The Morgan fingerprint density at radius 1 is 1.57 bits per heavy atom. The lowest BCUT2D eigenvalue weighted by Gasteiger charge is -2.25. The van der Waals surface area contributed by atoms with Crippen molar-refractivity contribution in [2.45, 2.75) is 44.9 Å². The first-order chi connectivity index (χ1) is 10.0. The topological polar surface area (TPSA) is 75.8 Å². The summed E-state index contributed by atoms with van der Waals surface area (Å²) >= 11 is 0. The van der Waals surface area contributed by atoms with Crippen molar-refractivity contribution < 1.29 is 14.8 Å². The van der Waals surface area contributed by atoms with Crippen LogP contribution in [-0.2, 0) is 6.54 Å². The summed E-state index contributed by atoms with van der Waals surface area (Å²) in [4.78, 5) is 12.9. The number of nitro benzene ring substituents is 1. The number of nitrogens with zero attached hydrogens (tertiary/aromatic N) is 2. The Balaban J connectivity index is 2.12. The zero-order valence-electron chi connectivity index (χ0n) is 12.5. The molecule has 1 aromatic rings. The molecule has 1 aliphatic heterocycles. The van der Waals surface area contributed by atoms with Gasteiger partial charge in [-0.2, -0.15) is 0 Å². The molecule has 0 aliphatic carbocycles. The second kappa shape index (κ2) is 6.87. The summed E-state index contributed by atoms with van der Waals surface area (Å²) in [5, 5.41) is 20.6. The van der Waals surface area contributed by atoms with E-state index in [9.17, 15) is 15.2 Å². The highest BCUT2D eigenvalue weighted by atomic mass is 16.6. The van der Waals surface area contributed by atoms with E-state index in [2.05, 4.69) is 4.90 Å². The van der Waals surface area contributed by atoms with Gasteiger partial charge in [-0.05, 0) is 44.4 Å². The van der Waals surface area contributed by atoms with E-state index in [1.807, 2.05) is 6.07 Å². The van der Waals surface area contributed by atoms with Crippen LogP contribution < -0.4 is 4.74 Å². The van der Waals surface area contributed by atoms with E-state index in [4.69, 9.17) is 4.74 Å². The molecule has 1 N–H and O–H groups in total. The second-order valence-electron chi connectivity index (χ2n) is 5.61. The molecule has 6 nitrogen and oxygen atoms in total. The number of benzene rings is 1. The summed E-state index contributed by atoms with van der Waals surface area (Å²) in [6, 6.07) is 5.44. The minimum absolute atomic E-state index is 0.00118. The van der Waals surface area contributed by atoms with E-state index in [-0.39, 0.29) is 17.5 Å². The quantitative estimate of drug-likeness (QED) is 0.643. The molecule has 0 aromatic heterocycles. The first-order valence-corrected chi connectivity index (χ1v) is 7.24. The van der Waals surface area contributed by atoms with Gasteiger partial charge in [0.2, 0.25) is 0 Å². The summed E-state index contributed by atoms with van der Waals surface area (Å²) in [6.07, 6.45) is 2.61. The van der Waals surface area contributed by atoms with Crippen LogP contribution in [0.5, 0.6) is 5.75 Å². The molecular weight excluding hydrogens is 272 g/mol. The van der Waals surface area contributed by atoms with Crippen molar-refractivity contribution in [1.82, 2.24) is 4.90 Å². The summed E-state index contributed by atoms with van der Waals surface area (Å²) in [5.41, 5.74) is 0.904. The molecule has 1 saturated heterocycles. The van der Waals surface area contributed by atoms with Gasteiger partial charge in [-0.3, -0.25) is 15.0 Å². The van der Waals surface area contributed by atoms with Gasteiger partial charge in [0.1, 0.15) is 0 Å². The highest BCUT2D eigenvalue weighted by Gasteiger charge is 2.26. The zero-order valence-corrected chi connectivity index (χ0v) is 12.5. The van der Waals surface area contributed by atoms with Gasteiger partial charge in [-0.25, -0.2) is 0 Å². The summed E-state index contributed by atoms with van der Waals surface area (Å²) in [6.45, 7) is 3.44. The molecule has 21 heavy (non-hydrogen) atoms. The van der Waals surface area contributed by atoms with Crippen molar-refractivity contribution in [3.63, 3.8) is 0 Å². The predicted octanol–water partition coefficient (Wildman–Crippen LogP) is 2.34. The highest BCUT2D eigenvalue weighted by molar-refractivity contribution is 5.48. The van der Waals surface area contributed by atoms with Crippen LogP contribution in [0.4, 0.5) is 5.69 Å². The van der Waals surface area contributed by atoms with E-state index in [0.29, 0.717) is 12.6 Å². The van der Waals surface area contributed by atoms with Crippen molar-refractivity contribution in [2.75, 3.05) is 13.7 Å². The third-order valence-corrected chi connectivity index (χ3v) is 3.94. The molecule has 2 unspecified atom stereocenters. The molecular formula is C15H22N2O4. The van der Waals surface area contributed by atoms with Gasteiger partial charge in [0.15, 0.2) is 5.75 Å². The Kier molecular flexibility index (Phi) is 5.14. The Hall–Kier alpha value is -1.66. The maximum absolute atomic E-state index is 11.1. The molecule has 6 heteroatoms. The summed E-state index contributed by atoms with van der Waals surface area (Å²) in [5.74, 6) is 0.283. The molecule has 2 atom stereocenters. The Labute approximate surface area is 124 Å². The van der Waals surface area contributed by atoms with Crippen LogP contribution >= 0.6 is 0 Å². The van der Waals surface area contributed by atoms with Crippen molar-refractivity contribution in [3.05, 3.63) is 33.9 Å². The average molecular weight is 294 g/mol. The Bertz CT molecular complexity index is 504. The largest absolute Gasteiger partial charge is 0.490 e. The number of ether oxygens (including phenoxy) is 1. The van der Waals surface area contributed by atoms with Gasteiger partial charge < -0.3 is 9.84 Å². The van der Waals surface area contributed by atoms with Gasteiger partial charge in [-0.15, -0.1) is 0 Å². The molecule has 116 valence electrons. The fourth-order valence-corrected chi connectivity index (χ4v) is 2.98. The smallest absolute Gasteiger partial charge is 0.311 e. The van der Waals surface area contributed by atoms with Crippen molar-refractivity contribution >= 4 is 5.69 Å². The lowest BCUT2D eigenvalue weighted by atomic mass is 10.1. The molecule has 0 saturated carbocycles. The monoisotopic (exact) mass is 294 g/mol. The Morgan fingerprint density at radius 3 is 2.95 bits per heavy atom. The van der Waals surface area contributed by atoms with E-state index in [1.165, 1.54) is 7.11 Å². The zero-order chi connectivity index (χ0) is 15.4. The maximum Gasteiger partial charge on any atom is 0.311 e. The van der Waals surface area contributed by atoms with Gasteiger partial charge in [0.05, 0.1) is 18.1 Å². The number of hydrogen-bond acceptors (Lipinski definition) is 5. The molecule has 1 aliphatic rings. The number of likely N-dealkylation sites (tertiary alicyclic amines) is 1. The summed E-state index contributed by atoms with van der Waals surface area (Å²) < 4.78 is 5.02. The van der Waals surface area contributed by atoms with Crippen LogP contribution in [0.3, 0.4) is 0 Å². The fraction of sp³-hybridized carbons (Fsp3) is 0.600. The number of methoxy groups -OCH3 is 1. The predicted molar refractivity (Wildman–Crippen MR) is 79.4 cm³/mol. The number of aliphatic hydroxyl groups is 1. The van der Waals surface area contributed by atoms with Gasteiger partial charge in [0, 0.05) is 18.7 Å². The lowest BCUT2D eigenvalue weighted by Crippen LogP contribution is -2.31. The van der Waals surface area contributed by atoms with E-state index < -0.39 is 4.92 Å². The Morgan fingerprint density at radius 2 is 2.33 bits per heavy atom. The molecule has 2 rings (SSSR count). The van der Waals surface area contributed by atoms with Crippen LogP contribution in [0.15, 0.2) is 18.2 Å². The normalized spacial score (nSPS) is 20.4. The second-order valence-corrected chi connectivity index (χ2v) is 5.61. The standard InChI is InChI=1S/C15H22N2O4/c1-11(18)8-13-4-3-7-16(13)10-12-5-6-15(21-2)14(9-12)17(19)20/h5-6,9,11,13,18H,3-4,7-8,10H2,1-2H3. The van der Waals surface area contributed by atoms with Crippen molar-refractivity contribution in [2.24, 2.45) is 0 Å². The molecule has 0 spiro atoms. The van der Waals surface area contributed by atoms with Crippen molar-refractivity contribution in [3.8, 4) is 5.75 Å². The summed E-state index contributed by atoms with van der Waals surface area (Å²) in [7, 11) is 1.43. The van der Waals surface area contributed by atoms with Crippen molar-refractivity contribution in [1.29, 1.82) is 0 Å². The van der Waals surface area contributed by atoms with Crippen LogP contribution in [0.25, 0.3) is 0 Å². The van der Waals surface area contributed by atoms with E-state index in [1.54, 1.807) is 19.1 Å². The lowest BCUT2D eigenvalue weighted by molar-refractivity contribution is -0.385. The molecule has 0 bridgehead atoms. The maximum atomic E-state index is 11.1. The van der Waals surface area contributed by atoms with Crippen LogP contribution in [0.1, 0.15) is 31.7 Å². The number of rotatable bonds is 6. The van der Waals surface area contributed by atoms with E-state index in [0.717, 1.165) is 31.4 Å². The molecule has 0 radical (unpaired) electrons. The average Bonchev–Trinajstić information content (AvgIpc) is 2.85. The minimum Gasteiger partial charge on any atom is -0.490 e. The van der Waals surface area contributed by atoms with Crippen LogP contribution in [0, 0.1) is 10.1 Å². The highest BCUT2D eigenvalue weighted by Crippen LogP contribution is 2.30. The molecule has 1 fully saturated rings. The van der Waals surface area contributed by atoms with Gasteiger partial charge >= 0.3 is 5.69 Å². The minimum atomic E-state index is -0.417. The number of aliphatic hydroxyl groups excluding tert-OH is 1. The first kappa shape index (κ1) is 15.7. The van der Waals surface area contributed by atoms with Gasteiger partial charge in [0.25, 0.3) is 0 Å². The number of nitro groups is 1. The third kappa shape index (κ3) is 3.92. The van der Waals surface area contributed by atoms with Crippen LogP contribution in [0.2, 0.25) is 0 Å². The molecule has 0 amide bonds. The first-order valence-electron chi connectivity index (χ1n) is 7.24. The molecule has 1 aromatic carbocycles. The van der Waals surface area contributed by atoms with E-state index >= 15 is 0 Å². The fourth-order valence-electron chi connectivity index (χ4n) is 2.98.